The zero-order valence-corrected chi connectivity index (χ0v) is 17.2. The van der Waals surface area contributed by atoms with Crippen LogP contribution in [0.3, 0.4) is 0 Å². The Bertz CT molecular complexity index is 935. The summed E-state index contributed by atoms with van der Waals surface area (Å²) >= 11 is 0. The summed E-state index contributed by atoms with van der Waals surface area (Å²) in [5.41, 5.74) is 1.43. The number of aromatic nitrogens is 2. The van der Waals surface area contributed by atoms with Crippen LogP contribution in [0.1, 0.15) is 11.4 Å². The van der Waals surface area contributed by atoms with Gasteiger partial charge >= 0.3 is 0 Å². The van der Waals surface area contributed by atoms with Gasteiger partial charge in [0.1, 0.15) is 16.4 Å². The normalized spacial score (nSPS) is 14.6. The summed E-state index contributed by atoms with van der Waals surface area (Å²) in [5, 5.41) is 0. The SMILES string of the molecule is COc1ccc(OC)c(S(=O)(=O)Nc2c(C)nc(N3CCOCC3)nc2C)c1. The van der Waals surface area contributed by atoms with Crippen molar-refractivity contribution in [1.82, 2.24) is 9.97 Å². The highest BCUT2D eigenvalue weighted by Gasteiger charge is 2.24. The van der Waals surface area contributed by atoms with Gasteiger partial charge in [-0.3, -0.25) is 4.72 Å². The zero-order chi connectivity index (χ0) is 20.3. The topological polar surface area (TPSA) is 103 Å². The van der Waals surface area contributed by atoms with E-state index in [4.69, 9.17) is 14.2 Å². The van der Waals surface area contributed by atoms with Crippen molar-refractivity contribution in [2.75, 3.05) is 50.1 Å². The van der Waals surface area contributed by atoms with Crippen molar-refractivity contribution in [3.8, 4) is 11.5 Å². The Labute approximate surface area is 164 Å². The maximum absolute atomic E-state index is 13.0. The molecule has 0 amide bonds. The number of morpholine rings is 1. The molecule has 1 N–H and O–H groups in total. The average molecular weight is 408 g/mol. The Hall–Kier alpha value is -2.59. The average Bonchev–Trinajstić information content (AvgIpc) is 2.70. The molecule has 10 heteroatoms. The van der Waals surface area contributed by atoms with Crippen molar-refractivity contribution in [2.45, 2.75) is 18.7 Å². The number of methoxy groups -OCH3 is 2. The molecule has 1 aliphatic heterocycles. The van der Waals surface area contributed by atoms with Gasteiger partial charge in [0.25, 0.3) is 10.0 Å². The fraction of sp³-hybridized carbons (Fsp3) is 0.444. The fourth-order valence-corrected chi connectivity index (χ4v) is 4.30. The molecule has 152 valence electrons. The van der Waals surface area contributed by atoms with Gasteiger partial charge in [0, 0.05) is 19.2 Å². The second-order valence-electron chi connectivity index (χ2n) is 6.29. The van der Waals surface area contributed by atoms with E-state index < -0.39 is 10.0 Å². The van der Waals surface area contributed by atoms with Crippen LogP contribution in [-0.4, -0.2) is 58.9 Å². The Balaban J connectivity index is 1.94. The minimum absolute atomic E-state index is 0.0228. The van der Waals surface area contributed by atoms with Crippen LogP contribution in [0.5, 0.6) is 11.5 Å². The first-order valence-corrected chi connectivity index (χ1v) is 10.3. The van der Waals surface area contributed by atoms with Crippen LogP contribution in [0, 0.1) is 13.8 Å². The molecule has 2 heterocycles. The highest BCUT2D eigenvalue weighted by Crippen LogP contribution is 2.31. The number of aryl methyl sites for hydroxylation is 2. The molecule has 0 unspecified atom stereocenters. The van der Waals surface area contributed by atoms with Crippen molar-refractivity contribution in [2.24, 2.45) is 0 Å². The first kappa shape index (κ1) is 20.2. The first-order chi connectivity index (χ1) is 13.4. The summed E-state index contributed by atoms with van der Waals surface area (Å²) < 4.78 is 44.3. The first-order valence-electron chi connectivity index (χ1n) is 8.78. The molecule has 0 radical (unpaired) electrons. The fourth-order valence-electron chi connectivity index (χ4n) is 2.93. The summed E-state index contributed by atoms with van der Waals surface area (Å²) in [6.07, 6.45) is 0. The van der Waals surface area contributed by atoms with Crippen LogP contribution in [0.4, 0.5) is 11.6 Å². The van der Waals surface area contributed by atoms with Gasteiger partial charge in [0.2, 0.25) is 5.95 Å². The van der Waals surface area contributed by atoms with E-state index in [2.05, 4.69) is 14.7 Å². The summed E-state index contributed by atoms with van der Waals surface area (Å²) in [6, 6.07) is 4.59. The van der Waals surface area contributed by atoms with Gasteiger partial charge in [0.05, 0.1) is 44.5 Å². The van der Waals surface area contributed by atoms with Gasteiger partial charge in [-0.1, -0.05) is 0 Å². The Morgan fingerprint density at radius 2 is 1.71 bits per heavy atom. The van der Waals surface area contributed by atoms with Crippen LogP contribution in [0.2, 0.25) is 0 Å². The number of sulfonamides is 1. The van der Waals surface area contributed by atoms with Crippen molar-refractivity contribution in [3.63, 3.8) is 0 Å². The molecule has 9 nitrogen and oxygen atoms in total. The van der Waals surface area contributed by atoms with Crippen molar-refractivity contribution >= 4 is 21.7 Å². The highest BCUT2D eigenvalue weighted by atomic mass is 32.2. The molecule has 0 atom stereocenters. The summed E-state index contributed by atoms with van der Waals surface area (Å²) in [5.74, 6) is 1.20. The Morgan fingerprint density at radius 3 is 2.29 bits per heavy atom. The van der Waals surface area contributed by atoms with Gasteiger partial charge in [-0.15, -0.1) is 0 Å². The smallest absolute Gasteiger partial charge is 0.265 e. The van der Waals surface area contributed by atoms with Crippen LogP contribution in [-0.2, 0) is 14.8 Å². The number of hydrogen-bond acceptors (Lipinski definition) is 8. The Morgan fingerprint density at radius 1 is 1.07 bits per heavy atom. The molecule has 2 aromatic rings. The van der Waals surface area contributed by atoms with E-state index in [0.29, 0.717) is 55.1 Å². The van der Waals surface area contributed by atoms with Crippen LogP contribution < -0.4 is 19.1 Å². The predicted molar refractivity (Wildman–Crippen MR) is 105 cm³/mol. The molecule has 1 aromatic heterocycles. The summed E-state index contributed by atoms with van der Waals surface area (Å²) in [6.45, 7) is 6.13. The molecule has 0 spiro atoms. The maximum atomic E-state index is 13.0. The van der Waals surface area contributed by atoms with Gasteiger partial charge in [0.15, 0.2) is 0 Å². The van der Waals surface area contributed by atoms with E-state index >= 15 is 0 Å². The van der Waals surface area contributed by atoms with Gasteiger partial charge in [-0.25, -0.2) is 18.4 Å². The standard InChI is InChI=1S/C18H24N4O5S/c1-12-17(13(2)20-18(19-12)22-7-9-27-10-8-22)21-28(23,24)16-11-14(25-3)5-6-15(16)26-4/h5-6,11,21H,7-10H2,1-4H3. The number of hydrogen-bond donors (Lipinski definition) is 1. The second-order valence-corrected chi connectivity index (χ2v) is 7.94. The number of nitrogens with zero attached hydrogens (tertiary/aromatic N) is 3. The molecule has 1 fully saturated rings. The minimum atomic E-state index is -3.94. The molecule has 0 aliphatic carbocycles. The van der Waals surface area contributed by atoms with Crippen molar-refractivity contribution < 1.29 is 22.6 Å². The van der Waals surface area contributed by atoms with Crippen LogP contribution in [0.15, 0.2) is 23.1 Å². The summed E-state index contributed by atoms with van der Waals surface area (Å²) in [4.78, 5) is 11.0. The van der Waals surface area contributed by atoms with Gasteiger partial charge in [-0.2, -0.15) is 0 Å². The molecule has 1 aromatic carbocycles. The van der Waals surface area contributed by atoms with Crippen molar-refractivity contribution in [1.29, 1.82) is 0 Å². The molecule has 1 aliphatic rings. The lowest BCUT2D eigenvalue weighted by Crippen LogP contribution is -2.37. The third-order valence-corrected chi connectivity index (χ3v) is 5.82. The minimum Gasteiger partial charge on any atom is -0.497 e. The molecular formula is C18H24N4O5S. The van der Waals surface area contributed by atoms with Crippen LogP contribution >= 0.6 is 0 Å². The highest BCUT2D eigenvalue weighted by molar-refractivity contribution is 7.92. The number of benzene rings is 1. The van der Waals surface area contributed by atoms with Crippen LogP contribution in [0.25, 0.3) is 0 Å². The third-order valence-electron chi connectivity index (χ3n) is 4.45. The van der Waals surface area contributed by atoms with E-state index in [1.807, 2.05) is 4.90 Å². The molecule has 3 rings (SSSR count). The predicted octanol–water partition coefficient (Wildman–Crippen LogP) is 1.75. The lowest BCUT2D eigenvalue weighted by molar-refractivity contribution is 0.122. The Kier molecular flexibility index (Phi) is 5.90. The largest absolute Gasteiger partial charge is 0.497 e. The second kappa shape index (κ2) is 8.19. The molecule has 0 saturated carbocycles. The van der Waals surface area contributed by atoms with Gasteiger partial charge < -0.3 is 19.1 Å². The molecular weight excluding hydrogens is 384 g/mol. The van der Waals surface area contributed by atoms with E-state index in [1.165, 1.54) is 20.3 Å². The van der Waals surface area contributed by atoms with Gasteiger partial charge in [-0.05, 0) is 26.0 Å². The molecule has 1 saturated heterocycles. The molecule has 0 bridgehead atoms. The quantitative estimate of drug-likeness (QED) is 0.771. The maximum Gasteiger partial charge on any atom is 0.265 e. The van der Waals surface area contributed by atoms with E-state index in [9.17, 15) is 8.42 Å². The number of ether oxygens (including phenoxy) is 3. The number of anilines is 2. The van der Waals surface area contributed by atoms with E-state index in [0.717, 1.165) is 0 Å². The number of nitrogens with one attached hydrogen (secondary N) is 1. The van der Waals surface area contributed by atoms with E-state index in [-0.39, 0.29) is 10.6 Å². The monoisotopic (exact) mass is 408 g/mol. The molecule has 28 heavy (non-hydrogen) atoms. The summed E-state index contributed by atoms with van der Waals surface area (Å²) in [7, 11) is -1.06. The van der Waals surface area contributed by atoms with Crippen molar-refractivity contribution in [3.05, 3.63) is 29.6 Å². The van der Waals surface area contributed by atoms with E-state index in [1.54, 1.807) is 26.0 Å². The third kappa shape index (κ3) is 4.12. The lowest BCUT2D eigenvalue weighted by Gasteiger charge is -2.27. The lowest BCUT2D eigenvalue weighted by atomic mass is 10.3. The zero-order valence-electron chi connectivity index (χ0n) is 16.4. The number of rotatable bonds is 6.